The normalized spacial score (nSPS) is 16.5. The van der Waals surface area contributed by atoms with E-state index in [-0.39, 0.29) is 42.4 Å². The van der Waals surface area contributed by atoms with Crippen LogP contribution in [0.2, 0.25) is 0 Å². The van der Waals surface area contributed by atoms with Crippen LogP contribution in [0.25, 0.3) is 0 Å². The molecule has 1 aromatic heterocycles. The lowest BCUT2D eigenvalue weighted by Gasteiger charge is -2.33. The van der Waals surface area contributed by atoms with Crippen LogP contribution >= 0.6 is 24.0 Å². The SMILES string of the molecule is CCNC(=NCC(Cc1ccc(F)cc1)C(N)=O)NCC(c1ccco1)N1CCCCC1.I. The zero-order valence-corrected chi connectivity index (χ0v) is 21.5. The van der Waals surface area contributed by atoms with Crippen LogP contribution in [0.4, 0.5) is 4.39 Å². The second kappa shape index (κ2) is 14.2. The lowest BCUT2D eigenvalue weighted by molar-refractivity contribution is -0.121. The highest BCUT2D eigenvalue weighted by Crippen LogP contribution is 2.24. The first-order valence-electron chi connectivity index (χ1n) is 11.4. The number of benzene rings is 1. The summed E-state index contributed by atoms with van der Waals surface area (Å²) in [6, 6.07) is 10.2. The molecule has 2 atom stereocenters. The second-order valence-electron chi connectivity index (χ2n) is 8.16. The van der Waals surface area contributed by atoms with Crippen LogP contribution in [-0.4, -0.2) is 49.5 Å². The average molecular weight is 571 g/mol. The first-order valence-corrected chi connectivity index (χ1v) is 11.4. The molecule has 0 saturated carbocycles. The zero-order chi connectivity index (χ0) is 22.8. The number of nitrogens with one attached hydrogen (secondary N) is 2. The fraction of sp³-hybridized carbons (Fsp3) is 0.500. The Kier molecular flexibility index (Phi) is 11.7. The van der Waals surface area contributed by atoms with Gasteiger partial charge in [0.05, 0.1) is 24.8 Å². The molecule has 1 aliphatic rings. The number of aliphatic imine (C=N–C) groups is 1. The van der Waals surface area contributed by atoms with Crippen LogP contribution in [0.1, 0.15) is 43.6 Å². The number of amides is 1. The van der Waals surface area contributed by atoms with Crippen molar-refractivity contribution in [2.45, 2.75) is 38.6 Å². The summed E-state index contributed by atoms with van der Waals surface area (Å²) in [6.07, 6.45) is 5.77. The van der Waals surface area contributed by atoms with Gasteiger partial charge in [0.2, 0.25) is 5.91 Å². The smallest absolute Gasteiger partial charge is 0.222 e. The maximum atomic E-state index is 13.2. The number of rotatable bonds is 10. The van der Waals surface area contributed by atoms with Gasteiger partial charge in [-0.1, -0.05) is 18.6 Å². The molecular formula is C24H35FIN5O2. The Morgan fingerprint density at radius 1 is 1.18 bits per heavy atom. The molecule has 1 amide bonds. The standard InChI is InChI=1S/C24H34FN5O2.HI/c1-2-27-24(28-16-19(23(26)31)15-18-8-10-20(25)11-9-18)29-17-21(22-7-6-14-32-22)30-12-4-3-5-13-30;/h6-11,14,19,21H,2-5,12-13,15-17H2,1H3,(H2,26,31)(H2,27,28,29);1H. The van der Waals surface area contributed by atoms with Gasteiger partial charge < -0.3 is 20.8 Å². The number of furan rings is 1. The zero-order valence-electron chi connectivity index (χ0n) is 19.1. The van der Waals surface area contributed by atoms with E-state index in [0.29, 0.717) is 25.5 Å². The number of halogens is 2. The summed E-state index contributed by atoms with van der Waals surface area (Å²) < 4.78 is 18.9. The third-order valence-electron chi connectivity index (χ3n) is 5.78. The van der Waals surface area contributed by atoms with Gasteiger partial charge >= 0.3 is 0 Å². The number of primary amides is 1. The number of hydrogen-bond donors (Lipinski definition) is 3. The number of likely N-dealkylation sites (tertiary alicyclic amines) is 1. The third kappa shape index (κ3) is 8.62. The van der Waals surface area contributed by atoms with E-state index in [9.17, 15) is 9.18 Å². The second-order valence-corrected chi connectivity index (χ2v) is 8.16. The van der Waals surface area contributed by atoms with Crippen LogP contribution < -0.4 is 16.4 Å². The maximum absolute atomic E-state index is 13.2. The van der Waals surface area contributed by atoms with Crippen molar-refractivity contribution in [2.75, 3.05) is 32.7 Å². The van der Waals surface area contributed by atoms with E-state index in [0.717, 1.165) is 24.4 Å². The van der Waals surface area contributed by atoms with E-state index >= 15 is 0 Å². The van der Waals surface area contributed by atoms with Gasteiger partial charge in [0.25, 0.3) is 0 Å². The number of nitrogens with two attached hydrogens (primary N) is 1. The molecule has 2 aromatic rings. The van der Waals surface area contributed by atoms with Crippen molar-refractivity contribution in [2.24, 2.45) is 16.6 Å². The largest absolute Gasteiger partial charge is 0.468 e. The van der Waals surface area contributed by atoms with Crippen LogP contribution in [0.3, 0.4) is 0 Å². The Morgan fingerprint density at radius 3 is 2.52 bits per heavy atom. The lowest BCUT2D eigenvalue weighted by atomic mass is 9.99. The van der Waals surface area contributed by atoms with Crippen molar-refractivity contribution in [3.8, 4) is 0 Å². The van der Waals surface area contributed by atoms with Gasteiger partial charge in [0.1, 0.15) is 11.6 Å². The van der Waals surface area contributed by atoms with Gasteiger partial charge in [-0.25, -0.2) is 4.39 Å². The molecule has 0 aliphatic carbocycles. The van der Waals surface area contributed by atoms with E-state index in [4.69, 9.17) is 10.2 Å². The summed E-state index contributed by atoms with van der Waals surface area (Å²) in [7, 11) is 0. The monoisotopic (exact) mass is 571 g/mol. The summed E-state index contributed by atoms with van der Waals surface area (Å²) in [5, 5.41) is 6.65. The van der Waals surface area contributed by atoms with E-state index in [2.05, 4.69) is 20.5 Å². The van der Waals surface area contributed by atoms with Crippen molar-refractivity contribution in [1.82, 2.24) is 15.5 Å². The van der Waals surface area contributed by atoms with Crippen LogP contribution in [0.15, 0.2) is 52.1 Å². The summed E-state index contributed by atoms with van der Waals surface area (Å²) in [6.45, 7) is 5.66. The van der Waals surface area contributed by atoms with Crippen molar-refractivity contribution in [1.29, 1.82) is 0 Å². The highest BCUT2D eigenvalue weighted by Gasteiger charge is 2.25. The third-order valence-corrected chi connectivity index (χ3v) is 5.78. The quantitative estimate of drug-likeness (QED) is 0.231. The maximum Gasteiger partial charge on any atom is 0.222 e. The number of nitrogens with zero attached hydrogens (tertiary/aromatic N) is 2. The molecule has 4 N–H and O–H groups in total. The van der Waals surface area contributed by atoms with E-state index in [1.807, 2.05) is 19.1 Å². The van der Waals surface area contributed by atoms with Gasteiger partial charge in [-0.3, -0.25) is 14.7 Å². The Morgan fingerprint density at radius 2 is 1.91 bits per heavy atom. The van der Waals surface area contributed by atoms with Crippen molar-refractivity contribution in [3.63, 3.8) is 0 Å². The minimum atomic E-state index is -0.473. The molecule has 7 nitrogen and oxygen atoms in total. The Labute approximate surface area is 212 Å². The van der Waals surface area contributed by atoms with Crippen LogP contribution in [-0.2, 0) is 11.2 Å². The van der Waals surface area contributed by atoms with Gasteiger partial charge in [0, 0.05) is 13.1 Å². The lowest BCUT2D eigenvalue weighted by Crippen LogP contribution is -2.44. The molecule has 33 heavy (non-hydrogen) atoms. The van der Waals surface area contributed by atoms with Crippen LogP contribution in [0, 0.1) is 11.7 Å². The van der Waals surface area contributed by atoms with E-state index in [1.165, 1.54) is 31.4 Å². The summed E-state index contributed by atoms with van der Waals surface area (Å²) in [5.41, 5.74) is 6.47. The van der Waals surface area contributed by atoms with Crippen LogP contribution in [0.5, 0.6) is 0 Å². The Balaban J connectivity index is 0.00000385. The summed E-state index contributed by atoms with van der Waals surface area (Å²) in [5.74, 6) is 0.364. The average Bonchev–Trinajstić information content (AvgIpc) is 3.33. The molecule has 1 aliphatic heterocycles. The molecule has 1 aromatic carbocycles. The minimum Gasteiger partial charge on any atom is -0.468 e. The van der Waals surface area contributed by atoms with Crippen molar-refractivity contribution in [3.05, 3.63) is 59.8 Å². The Hall–Kier alpha value is -2.14. The molecular weight excluding hydrogens is 536 g/mol. The van der Waals surface area contributed by atoms with Crippen molar-refractivity contribution >= 4 is 35.8 Å². The minimum absolute atomic E-state index is 0. The number of carbonyl (C=O) groups is 1. The van der Waals surface area contributed by atoms with Gasteiger partial charge in [0.15, 0.2) is 5.96 Å². The van der Waals surface area contributed by atoms with Crippen molar-refractivity contribution < 1.29 is 13.6 Å². The first-order chi connectivity index (χ1) is 15.6. The highest BCUT2D eigenvalue weighted by molar-refractivity contribution is 14.0. The predicted octanol–water partition coefficient (Wildman–Crippen LogP) is 3.46. The molecule has 1 fully saturated rings. The topological polar surface area (TPSA) is 95.9 Å². The fourth-order valence-electron chi connectivity index (χ4n) is 4.02. The van der Waals surface area contributed by atoms with Gasteiger partial charge in [-0.15, -0.1) is 24.0 Å². The number of hydrogen-bond acceptors (Lipinski definition) is 4. The number of piperidine rings is 1. The number of carbonyl (C=O) groups excluding carboxylic acids is 1. The number of guanidine groups is 1. The summed E-state index contributed by atoms with van der Waals surface area (Å²) in [4.78, 5) is 19.0. The Bertz CT molecular complexity index is 854. The molecule has 2 heterocycles. The first kappa shape index (κ1) is 27.1. The summed E-state index contributed by atoms with van der Waals surface area (Å²) >= 11 is 0. The van der Waals surface area contributed by atoms with E-state index in [1.54, 1.807) is 18.4 Å². The molecule has 3 rings (SSSR count). The molecule has 182 valence electrons. The fourth-order valence-corrected chi connectivity index (χ4v) is 4.02. The van der Waals surface area contributed by atoms with Gasteiger partial charge in [-0.2, -0.15) is 0 Å². The molecule has 2 unspecified atom stereocenters. The molecule has 0 bridgehead atoms. The molecule has 0 spiro atoms. The van der Waals surface area contributed by atoms with Gasteiger partial charge in [-0.05, 0) is 69.1 Å². The molecule has 9 heteroatoms. The molecule has 0 radical (unpaired) electrons. The highest BCUT2D eigenvalue weighted by atomic mass is 127. The molecule has 1 saturated heterocycles. The van der Waals surface area contributed by atoms with E-state index < -0.39 is 11.8 Å². The predicted molar refractivity (Wildman–Crippen MR) is 139 cm³/mol.